The van der Waals surface area contributed by atoms with Crippen molar-refractivity contribution in [2.45, 2.75) is 6.42 Å². The highest BCUT2D eigenvalue weighted by atomic mass is 35.5. The lowest BCUT2D eigenvalue weighted by atomic mass is 10.4. The number of nitrogens with one attached hydrogen (secondary N) is 1. The number of carbonyl (C=O) groups excluding carboxylic acids is 2. The average molecular weight is 237 g/mol. The third-order valence-corrected chi connectivity index (χ3v) is 3.01. The van der Waals surface area contributed by atoms with Crippen LogP contribution in [0.4, 0.5) is 4.79 Å². The number of halogens is 1. The van der Waals surface area contributed by atoms with E-state index in [1.165, 1.54) is 4.90 Å². The fraction of sp³-hybridized carbons (Fsp3) is 0.750. The third-order valence-electron chi connectivity index (χ3n) is 1.82. The lowest BCUT2D eigenvalue weighted by molar-refractivity contribution is -0.125. The van der Waals surface area contributed by atoms with Gasteiger partial charge in [-0.3, -0.25) is 9.69 Å². The molecule has 80 valence electrons. The maximum atomic E-state index is 11.4. The lowest BCUT2D eigenvalue weighted by Gasteiger charge is -2.24. The summed E-state index contributed by atoms with van der Waals surface area (Å²) in [6, 6.07) is -0.291. The van der Waals surface area contributed by atoms with Gasteiger partial charge in [0.15, 0.2) is 0 Å². The quantitative estimate of drug-likeness (QED) is 0.585. The van der Waals surface area contributed by atoms with E-state index < -0.39 is 0 Å². The van der Waals surface area contributed by atoms with Gasteiger partial charge in [0.25, 0.3) is 0 Å². The Morgan fingerprint density at radius 1 is 1.64 bits per heavy atom. The first-order chi connectivity index (χ1) is 6.75. The molecule has 0 radical (unpaired) electrons. The SMILES string of the molecule is O=C1CSCCN1C(=O)NCCCCl. The monoisotopic (exact) mass is 236 g/mol. The van der Waals surface area contributed by atoms with Crippen LogP contribution in [0.2, 0.25) is 0 Å². The van der Waals surface area contributed by atoms with Crippen LogP contribution in [0, 0.1) is 0 Å². The number of thioether (sulfide) groups is 1. The van der Waals surface area contributed by atoms with Gasteiger partial charge < -0.3 is 5.32 Å². The van der Waals surface area contributed by atoms with E-state index in [0.29, 0.717) is 24.7 Å². The van der Waals surface area contributed by atoms with E-state index >= 15 is 0 Å². The highest BCUT2D eigenvalue weighted by Gasteiger charge is 2.23. The first-order valence-corrected chi connectivity index (χ1v) is 6.16. The molecule has 0 atom stereocenters. The zero-order valence-electron chi connectivity index (χ0n) is 7.79. The zero-order chi connectivity index (χ0) is 10.4. The maximum absolute atomic E-state index is 11.4. The summed E-state index contributed by atoms with van der Waals surface area (Å²) in [5.41, 5.74) is 0. The minimum Gasteiger partial charge on any atom is -0.338 e. The summed E-state index contributed by atoms with van der Waals surface area (Å²) >= 11 is 7.02. The molecule has 14 heavy (non-hydrogen) atoms. The number of hydrogen-bond donors (Lipinski definition) is 1. The molecule has 0 aromatic heterocycles. The van der Waals surface area contributed by atoms with Crippen LogP contribution in [0.25, 0.3) is 0 Å². The highest BCUT2D eigenvalue weighted by molar-refractivity contribution is 8.00. The van der Waals surface area contributed by atoms with Gasteiger partial charge >= 0.3 is 6.03 Å². The van der Waals surface area contributed by atoms with Gasteiger partial charge in [0.05, 0.1) is 5.75 Å². The molecule has 1 heterocycles. The molecule has 4 nitrogen and oxygen atoms in total. The van der Waals surface area contributed by atoms with E-state index in [-0.39, 0.29) is 11.9 Å². The number of urea groups is 1. The third kappa shape index (κ3) is 3.38. The fourth-order valence-corrected chi connectivity index (χ4v) is 2.01. The molecule has 0 aromatic carbocycles. The zero-order valence-corrected chi connectivity index (χ0v) is 9.36. The number of carbonyl (C=O) groups is 2. The Morgan fingerprint density at radius 3 is 3.07 bits per heavy atom. The minimum absolute atomic E-state index is 0.107. The molecule has 6 heteroatoms. The van der Waals surface area contributed by atoms with Crippen molar-refractivity contribution in [1.82, 2.24) is 10.2 Å². The van der Waals surface area contributed by atoms with Crippen molar-refractivity contribution >= 4 is 35.3 Å². The summed E-state index contributed by atoms with van der Waals surface area (Å²) in [5, 5.41) is 2.66. The molecule has 0 aromatic rings. The molecule has 0 saturated carbocycles. The van der Waals surface area contributed by atoms with Gasteiger partial charge in [0, 0.05) is 24.7 Å². The topological polar surface area (TPSA) is 49.4 Å². The van der Waals surface area contributed by atoms with E-state index in [9.17, 15) is 9.59 Å². The van der Waals surface area contributed by atoms with E-state index in [1.807, 2.05) is 0 Å². The predicted octanol–water partition coefficient (Wildman–Crippen LogP) is 0.900. The predicted molar refractivity (Wildman–Crippen MR) is 57.8 cm³/mol. The van der Waals surface area contributed by atoms with E-state index in [2.05, 4.69) is 5.32 Å². The number of imide groups is 1. The number of hydrogen-bond acceptors (Lipinski definition) is 3. The molecule has 1 aliphatic heterocycles. The molecular weight excluding hydrogens is 224 g/mol. The Balaban J connectivity index is 2.31. The van der Waals surface area contributed by atoms with Crippen molar-refractivity contribution in [3.63, 3.8) is 0 Å². The number of amides is 3. The van der Waals surface area contributed by atoms with Gasteiger partial charge in [-0.05, 0) is 6.42 Å². The van der Waals surface area contributed by atoms with Crippen molar-refractivity contribution in [2.24, 2.45) is 0 Å². The second kappa shape index (κ2) is 6.14. The van der Waals surface area contributed by atoms with Crippen LogP contribution in [0.1, 0.15) is 6.42 Å². The normalized spacial score (nSPS) is 16.9. The van der Waals surface area contributed by atoms with Gasteiger partial charge in [-0.2, -0.15) is 11.8 Å². The Hall–Kier alpha value is -0.420. The van der Waals surface area contributed by atoms with Crippen molar-refractivity contribution in [1.29, 1.82) is 0 Å². The molecule has 1 saturated heterocycles. The van der Waals surface area contributed by atoms with Gasteiger partial charge in [-0.1, -0.05) is 0 Å². The summed E-state index contributed by atoms with van der Waals surface area (Å²) in [6.45, 7) is 1.04. The Kier molecular flexibility index (Phi) is 5.11. The van der Waals surface area contributed by atoms with Gasteiger partial charge in [-0.25, -0.2) is 4.79 Å². The molecule has 1 N–H and O–H groups in total. The van der Waals surface area contributed by atoms with Crippen LogP contribution in [0.15, 0.2) is 0 Å². The van der Waals surface area contributed by atoms with Crippen LogP contribution < -0.4 is 5.32 Å². The van der Waals surface area contributed by atoms with E-state index in [0.717, 1.165) is 12.2 Å². The number of nitrogens with zero attached hydrogens (tertiary/aromatic N) is 1. The number of rotatable bonds is 3. The van der Waals surface area contributed by atoms with Crippen molar-refractivity contribution in [3.05, 3.63) is 0 Å². The van der Waals surface area contributed by atoms with Gasteiger partial charge in [0.1, 0.15) is 0 Å². The fourth-order valence-electron chi connectivity index (χ4n) is 1.09. The summed E-state index contributed by atoms with van der Waals surface area (Å²) in [6.07, 6.45) is 0.726. The first kappa shape index (κ1) is 11.7. The molecule has 3 amide bonds. The summed E-state index contributed by atoms with van der Waals surface area (Å²) < 4.78 is 0. The first-order valence-electron chi connectivity index (χ1n) is 4.47. The summed E-state index contributed by atoms with van der Waals surface area (Å²) in [4.78, 5) is 24.0. The largest absolute Gasteiger partial charge is 0.338 e. The summed E-state index contributed by atoms with van der Waals surface area (Å²) in [5.74, 6) is 1.64. The molecule has 1 aliphatic rings. The molecule has 0 unspecified atom stereocenters. The minimum atomic E-state index is -0.291. The van der Waals surface area contributed by atoms with Gasteiger partial charge in [-0.15, -0.1) is 11.6 Å². The Labute approximate surface area is 92.3 Å². The Bertz CT molecular complexity index is 225. The molecular formula is C8H13ClN2O2S. The Morgan fingerprint density at radius 2 is 2.43 bits per heavy atom. The molecule has 0 bridgehead atoms. The van der Waals surface area contributed by atoms with Crippen molar-refractivity contribution < 1.29 is 9.59 Å². The molecule has 1 rings (SSSR count). The lowest BCUT2D eigenvalue weighted by Crippen LogP contribution is -2.48. The maximum Gasteiger partial charge on any atom is 0.324 e. The number of alkyl halides is 1. The standard InChI is InChI=1S/C8H13ClN2O2S/c9-2-1-3-10-8(13)11-4-5-14-6-7(11)12/h1-6H2,(H,10,13). The second-order valence-electron chi connectivity index (χ2n) is 2.87. The summed E-state index contributed by atoms with van der Waals surface area (Å²) in [7, 11) is 0. The van der Waals surface area contributed by atoms with E-state index in [1.54, 1.807) is 11.8 Å². The van der Waals surface area contributed by atoms with Crippen molar-refractivity contribution in [3.8, 4) is 0 Å². The highest BCUT2D eigenvalue weighted by Crippen LogP contribution is 2.10. The van der Waals surface area contributed by atoms with Crippen molar-refractivity contribution in [2.75, 3.05) is 30.5 Å². The van der Waals surface area contributed by atoms with Crippen LogP contribution in [0.3, 0.4) is 0 Å². The van der Waals surface area contributed by atoms with Crippen LogP contribution in [-0.4, -0.2) is 47.3 Å². The molecule has 0 aliphatic carbocycles. The van der Waals surface area contributed by atoms with Gasteiger partial charge in [0.2, 0.25) is 5.91 Å². The van der Waals surface area contributed by atoms with Crippen LogP contribution in [0.5, 0.6) is 0 Å². The second-order valence-corrected chi connectivity index (χ2v) is 4.36. The van der Waals surface area contributed by atoms with Crippen LogP contribution in [-0.2, 0) is 4.79 Å². The molecule has 1 fully saturated rings. The molecule has 0 spiro atoms. The average Bonchev–Trinajstić information content (AvgIpc) is 2.18. The smallest absolute Gasteiger partial charge is 0.324 e. The van der Waals surface area contributed by atoms with Crippen LogP contribution >= 0.6 is 23.4 Å². The van der Waals surface area contributed by atoms with E-state index in [4.69, 9.17) is 11.6 Å².